The third kappa shape index (κ3) is 4.17. The number of hydrogen-bond donors (Lipinski definition) is 2. The normalized spacial score (nSPS) is 11.3. The lowest BCUT2D eigenvalue weighted by Crippen LogP contribution is -2.28. The zero-order valence-electron chi connectivity index (χ0n) is 17.8. The number of aryl methyl sites for hydroxylation is 1. The number of nitriles is 1. The number of benzene rings is 2. The van der Waals surface area contributed by atoms with Gasteiger partial charge in [0.05, 0.1) is 23.3 Å². The van der Waals surface area contributed by atoms with Crippen LogP contribution in [0, 0.1) is 28.4 Å². The van der Waals surface area contributed by atoms with Crippen molar-refractivity contribution in [2.24, 2.45) is 0 Å². The number of anilines is 1. The first-order chi connectivity index (χ1) is 15.7. The Morgan fingerprint density at radius 3 is 2.55 bits per heavy atom. The minimum absolute atomic E-state index is 0.0403. The van der Waals surface area contributed by atoms with Crippen LogP contribution in [0.25, 0.3) is 16.9 Å². The molecule has 0 spiro atoms. The summed E-state index contributed by atoms with van der Waals surface area (Å²) < 4.78 is 10.2. The van der Waals surface area contributed by atoms with Gasteiger partial charge in [-0.15, -0.1) is 0 Å². The molecule has 1 amide bonds. The molecule has 0 aliphatic heterocycles. The number of aliphatic hydroxyl groups excluding tert-OH is 1. The number of nitro benzene ring substituents is 1. The van der Waals surface area contributed by atoms with Gasteiger partial charge in [-0.2, -0.15) is 5.26 Å². The molecular weight excluding hydrogens is 432 g/mol. The average Bonchev–Trinajstić information content (AvgIpc) is 3.20. The lowest BCUT2D eigenvalue weighted by atomic mass is 10.0. The Morgan fingerprint density at radius 2 is 1.97 bits per heavy atom. The van der Waals surface area contributed by atoms with E-state index in [-0.39, 0.29) is 17.2 Å². The first kappa shape index (κ1) is 22.8. The van der Waals surface area contributed by atoms with Crippen molar-refractivity contribution in [2.75, 3.05) is 19.1 Å². The van der Waals surface area contributed by atoms with Gasteiger partial charge in [-0.05, 0) is 18.6 Å². The minimum atomic E-state index is -0.946. The van der Waals surface area contributed by atoms with Crippen molar-refractivity contribution in [2.45, 2.75) is 6.92 Å². The van der Waals surface area contributed by atoms with E-state index in [0.717, 1.165) is 29.7 Å². The fourth-order valence-electron chi connectivity index (χ4n) is 3.15. The van der Waals surface area contributed by atoms with Gasteiger partial charge in [-0.25, -0.2) is 0 Å². The smallest absolute Gasteiger partial charge is 0.315 e. The highest BCUT2D eigenvalue weighted by Gasteiger charge is 2.29. The molecular formula is C22H18N4O7. The quantitative estimate of drug-likeness (QED) is 0.187. The lowest BCUT2D eigenvalue weighted by molar-refractivity contribution is -0.386. The van der Waals surface area contributed by atoms with Gasteiger partial charge in [0.15, 0.2) is 11.3 Å². The number of phenolic OH excluding ortho intramolecular Hbond substituents is 1. The fraction of sp³-hybridized carbons (Fsp3) is 0.136. The molecule has 3 aromatic rings. The van der Waals surface area contributed by atoms with Crippen LogP contribution in [0.3, 0.4) is 0 Å². The summed E-state index contributed by atoms with van der Waals surface area (Å²) in [6, 6.07) is 12.5. The summed E-state index contributed by atoms with van der Waals surface area (Å²) in [6.07, 6.45) is 0. The van der Waals surface area contributed by atoms with Gasteiger partial charge in [0.25, 0.3) is 5.91 Å². The molecule has 0 atom stereocenters. The summed E-state index contributed by atoms with van der Waals surface area (Å²) in [6.45, 7) is 1.69. The van der Waals surface area contributed by atoms with Gasteiger partial charge < -0.3 is 19.5 Å². The third-order valence-corrected chi connectivity index (χ3v) is 4.82. The van der Waals surface area contributed by atoms with E-state index in [2.05, 4.69) is 5.16 Å². The van der Waals surface area contributed by atoms with Crippen molar-refractivity contribution >= 4 is 23.2 Å². The predicted octanol–water partition coefficient (Wildman–Crippen LogP) is 3.73. The maximum atomic E-state index is 13.1. The van der Waals surface area contributed by atoms with E-state index in [1.54, 1.807) is 37.3 Å². The average molecular weight is 450 g/mol. The van der Waals surface area contributed by atoms with Crippen molar-refractivity contribution < 1.29 is 29.2 Å². The maximum absolute atomic E-state index is 13.1. The van der Waals surface area contributed by atoms with Crippen molar-refractivity contribution in [3.05, 3.63) is 69.4 Å². The molecule has 0 aliphatic carbocycles. The monoisotopic (exact) mass is 450 g/mol. The second-order valence-electron chi connectivity index (χ2n) is 6.82. The zero-order chi connectivity index (χ0) is 24.3. The number of nitro groups is 1. The molecule has 0 radical (unpaired) electrons. The Labute approximate surface area is 187 Å². The van der Waals surface area contributed by atoms with Crippen molar-refractivity contribution in [1.29, 1.82) is 5.26 Å². The van der Waals surface area contributed by atoms with Gasteiger partial charge in [0.1, 0.15) is 11.8 Å². The number of nitrogens with zero attached hydrogens (tertiary/aromatic N) is 4. The molecule has 168 valence electrons. The van der Waals surface area contributed by atoms with E-state index >= 15 is 0 Å². The Kier molecular flexibility index (Phi) is 6.30. The Bertz CT molecular complexity index is 1310. The van der Waals surface area contributed by atoms with Crippen molar-refractivity contribution in [3.63, 3.8) is 0 Å². The number of likely N-dealkylation sites (N-methyl/N-ethyl adjacent to an activating group) is 1. The summed E-state index contributed by atoms with van der Waals surface area (Å²) in [5, 5.41) is 45.3. The number of amides is 1. The Balaban J connectivity index is 2.10. The van der Waals surface area contributed by atoms with Gasteiger partial charge in [-0.3, -0.25) is 19.8 Å². The van der Waals surface area contributed by atoms with E-state index in [0.29, 0.717) is 11.3 Å². The number of methoxy groups -OCH3 is 1. The van der Waals surface area contributed by atoms with Crippen LogP contribution in [-0.2, 0) is 4.79 Å². The molecule has 11 heteroatoms. The third-order valence-electron chi connectivity index (χ3n) is 4.82. The largest absolute Gasteiger partial charge is 0.506 e. The lowest BCUT2D eigenvalue weighted by Gasteiger charge is -2.16. The molecule has 11 nitrogen and oxygen atoms in total. The second-order valence-corrected chi connectivity index (χ2v) is 6.82. The predicted molar refractivity (Wildman–Crippen MR) is 117 cm³/mol. The molecule has 0 bridgehead atoms. The van der Waals surface area contributed by atoms with E-state index in [4.69, 9.17) is 9.26 Å². The number of ether oxygens (including phenoxy) is 1. The Hall–Kier alpha value is -4.85. The van der Waals surface area contributed by atoms with Gasteiger partial charge in [0, 0.05) is 18.7 Å². The van der Waals surface area contributed by atoms with Crippen LogP contribution < -0.4 is 9.64 Å². The summed E-state index contributed by atoms with van der Waals surface area (Å²) in [4.78, 5) is 24.5. The minimum Gasteiger partial charge on any atom is -0.506 e. The van der Waals surface area contributed by atoms with E-state index in [1.165, 1.54) is 7.05 Å². The van der Waals surface area contributed by atoms with Gasteiger partial charge >= 0.3 is 5.69 Å². The fourth-order valence-corrected chi connectivity index (χ4v) is 3.15. The molecule has 2 aromatic carbocycles. The van der Waals surface area contributed by atoms with Gasteiger partial charge in [0.2, 0.25) is 11.6 Å². The molecule has 0 aliphatic rings. The first-order valence-electron chi connectivity index (χ1n) is 9.40. The molecule has 0 unspecified atom stereocenters. The Morgan fingerprint density at radius 1 is 1.30 bits per heavy atom. The molecule has 3 rings (SSSR count). The highest BCUT2D eigenvalue weighted by atomic mass is 16.6. The summed E-state index contributed by atoms with van der Waals surface area (Å²) in [5.74, 6) is -2.82. The topological polar surface area (TPSA) is 163 Å². The number of aromatic nitrogens is 1. The van der Waals surface area contributed by atoms with E-state index in [1.807, 2.05) is 6.07 Å². The molecule has 33 heavy (non-hydrogen) atoms. The number of carbonyl (C=O) groups is 1. The summed E-state index contributed by atoms with van der Waals surface area (Å²) in [7, 11) is 2.49. The number of rotatable bonds is 6. The number of phenols is 1. The van der Waals surface area contributed by atoms with E-state index < -0.39 is 33.6 Å². The number of hydrogen-bond acceptors (Lipinski definition) is 9. The van der Waals surface area contributed by atoms with Crippen molar-refractivity contribution in [3.8, 4) is 28.7 Å². The highest BCUT2D eigenvalue weighted by molar-refractivity contribution is 6.12. The molecule has 1 aromatic heterocycles. The van der Waals surface area contributed by atoms with Gasteiger partial charge in [-0.1, -0.05) is 35.5 Å². The molecule has 1 heterocycles. The van der Waals surface area contributed by atoms with Crippen LogP contribution in [0.1, 0.15) is 11.3 Å². The number of aromatic hydroxyl groups is 1. The number of carbonyl (C=O) groups excluding carboxylic acids is 1. The van der Waals surface area contributed by atoms with Crippen molar-refractivity contribution in [1.82, 2.24) is 5.16 Å². The van der Waals surface area contributed by atoms with Crippen LogP contribution in [0.15, 0.2) is 52.6 Å². The summed E-state index contributed by atoms with van der Waals surface area (Å²) >= 11 is 0. The van der Waals surface area contributed by atoms with Crippen LogP contribution in [0.2, 0.25) is 0 Å². The number of aliphatic hydroxyl groups is 1. The van der Waals surface area contributed by atoms with Crippen LogP contribution in [0.4, 0.5) is 11.6 Å². The highest BCUT2D eigenvalue weighted by Crippen LogP contribution is 2.39. The second kappa shape index (κ2) is 9.11. The molecule has 0 fully saturated rings. The van der Waals surface area contributed by atoms with Crippen LogP contribution in [-0.4, -0.2) is 40.4 Å². The standard InChI is InChI=1S/C22H18N4O7/c1-12-18(13-7-5-4-6-8-13)22(33-24-12)25(2)21(29)15(11-23)19(27)14-9-16(26(30)31)20(28)17(10-14)32-3/h4-10,27-28H,1-3H3/b19-15-. The van der Waals surface area contributed by atoms with E-state index in [9.17, 15) is 30.4 Å². The first-order valence-corrected chi connectivity index (χ1v) is 9.40. The van der Waals surface area contributed by atoms with Crippen LogP contribution in [0.5, 0.6) is 11.5 Å². The molecule has 0 saturated heterocycles. The molecule has 2 N–H and O–H groups in total. The van der Waals surface area contributed by atoms with Crippen LogP contribution >= 0.6 is 0 Å². The maximum Gasteiger partial charge on any atom is 0.315 e. The molecule has 0 saturated carbocycles. The summed E-state index contributed by atoms with van der Waals surface area (Å²) in [5.41, 5.74) is -0.0198. The SMILES string of the molecule is COc1cc(/C(O)=C(\C#N)C(=O)N(C)c2onc(C)c2-c2ccccc2)cc([N+](=O)[O-])c1O. The zero-order valence-corrected chi connectivity index (χ0v) is 17.8.